The Labute approximate surface area is 453 Å². The summed E-state index contributed by atoms with van der Waals surface area (Å²) in [6.45, 7) is 18.1. The first-order chi connectivity index (χ1) is 36.7. The Hall–Kier alpha value is -5.66. The van der Waals surface area contributed by atoms with Crippen LogP contribution in [-0.4, -0.2) is 138 Å². The first kappa shape index (κ1) is 55.1. The quantitative estimate of drug-likeness (QED) is 0.0648. The van der Waals surface area contributed by atoms with E-state index in [1.165, 1.54) is 25.8 Å². The molecule has 0 radical (unpaired) electrons. The maximum Gasteiger partial charge on any atom is 0.243 e. The molecule has 17 nitrogen and oxygen atoms in total. The number of nitrogens with zero attached hydrogens (tertiary/aromatic N) is 6. The van der Waals surface area contributed by atoms with Gasteiger partial charge >= 0.3 is 0 Å². The van der Waals surface area contributed by atoms with Gasteiger partial charge in [0.1, 0.15) is 23.5 Å². The van der Waals surface area contributed by atoms with E-state index in [0.717, 1.165) is 131 Å². The van der Waals surface area contributed by atoms with Crippen LogP contribution < -0.4 is 32.7 Å². The van der Waals surface area contributed by atoms with E-state index < -0.39 is 12.0 Å². The van der Waals surface area contributed by atoms with Gasteiger partial charge in [0.05, 0.1) is 52.2 Å². The largest absolute Gasteiger partial charge is 0.507 e. The maximum atomic E-state index is 14.2. The van der Waals surface area contributed by atoms with Crippen molar-refractivity contribution in [2.75, 3.05) is 77.0 Å². The number of carbonyl (C=O) groups excluding carboxylic acids is 2. The van der Waals surface area contributed by atoms with Gasteiger partial charge in [-0.2, -0.15) is 0 Å². The Balaban J connectivity index is 0.000000236. The number of hydrogen-bond donors (Lipinski definition) is 6. The fraction of sp³-hybridized carbons (Fsp3) is 0.586. The van der Waals surface area contributed by atoms with Gasteiger partial charge in [0.25, 0.3) is 0 Å². The Morgan fingerprint density at radius 2 is 1.64 bits per heavy atom. The SMILES string of the molecule is Cc1ncsc1-c1ccc(C(C)NC(=O)C2CCCN2C(=O)C(c2cc(N3CCC(CN4CCC(OC5CCC5)CC4)CC3)no2)C(C)C)cc1.NC(N)=C(/C=C(\N)c1ccccc1O)N1CCC2(CC1)CNCCO2. The minimum atomic E-state index is -0.497. The van der Waals surface area contributed by atoms with Gasteiger partial charge in [-0.05, 0) is 126 Å². The highest BCUT2D eigenvalue weighted by Gasteiger charge is 2.41. The number of anilines is 1. The summed E-state index contributed by atoms with van der Waals surface area (Å²) in [7, 11) is 0. The lowest BCUT2D eigenvalue weighted by molar-refractivity contribution is -0.141. The Morgan fingerprint density at radius 3 is 2.28 bits per heavy atom. The number of likely N-dealkylation sites (tertiary alicyclic amines) is 3. The third-order valence-electron chi connectivity index (χ3n) is 16.8. The van der Waals surface area contributed by atoms with Crippen molar-refractivity contribution in [2.24, 2.45) is 29.0 Å². The second-order valence-corrected chi connectivity index (χ2v) is 23.2. The van der Waals surface area contributed by atoms with Crippen LogP contribution in [0.5, 0.6) is 5.75 Å². The lowest BCUT2D eigenvalue weighted by Gasteiger charge is -2.45. The molecule has 18 heteroatoms. The number of thiazole rings is 1. The van der Waals surface area contributed by atoms with Crippen LogP contribution >= 0.6 is 11.3 Å². The number of phenolic OH excluding ortho intramolecular Hbond substituents is 1. The van der Waals surface area contributed by atoms with Crippen molar-refractivity contribution < 1.29 is 28.7 Å². The summed E-state index contributed by atoms with van der Waals surface area (Å²) in [6, 6.07) is 16.5. The second-order valence-electron chi connectivity index (χ2n) is 22.4. The van der Waals surface area contributed by atoms with Crippen molar-refractivity contribution in [1.82, 2.24) is 35.5 Å². The molecule has 412 valence electrons. The minimum absolute atomic E-state index is 0.00349. The summed E-state index contributed by atoms with van der Waals surface area (Å²) in [5, 5.41) is 21.0. The van der Waals surface area contributed by atoms with Gasteiger partial charge in [0.2, 0.25) is 11.8 Å². The number of benzene rings is 2. The molecule has 7 heterocycles. The van der Waals surface area contributed by atoms with Crippen molar-refractivity contribution >= 4 is 34.7 Å². The lowest BCUT2D eigenvalue weighted by atomic mass is 9.89. The first-order valence-electron chi connectivity index (χ1n) is 28.0. The number of aryl methyl sites for hydroxylation is 1. The summed E-state index contributed by atoms with van der Waals surface area (Å²) < 4.78 is 18.2. The van der Waals surface area contributed by atoms with E-state index in [1.54, 1.807) is 40.5 Å². The van der Waals surface area contributed by atoms with Crippen molar-refractivity contribution in [2.45, 2.75) is 134 Å². The number of nitrogens with one attached hydrogen (secondary N) is 2. The Kier molecular flexibility index (Phi) is 18.3. The molecule has 9 N–H and O–H groups in total. The molecule has 6 fully saturated rings. The van der Waals surface area contributed by atoms with Crippen LogP contribution in [0.2, 0.25) is 0 Å². The van der Waals surface area contributed by atoms with E-state index in [4.69, 9.17) is 31.2 Å². The molecule has 1 spiro atoms. The molecule has 6 aliphatic rings. The number of aromatic nitrogens is 2. The number of allylic oxidation sites excluding steroid dienone is 1. The molecule has 3 atom stereocenters. The average molecular weight is 1060 g/mol. The minimum Gasteiger partial charge on any atom is -0.507 e. The molecule has 2 aromatic carbocycles. The zero-order chi connectivity index (χ0) is 53.3. The highest BCUT2D eigenvalue weighted by molar-refractivity contribution is 7.13. The predicted molar refractivity (Wildman–Crippen MR) is 299 cm³/mol. The molecule has 1 aliphatic carbocycles. The highest BCUT2D eigenvalue weighted by Crippen LogP contribution is 2.36. The molecule has 5 saturated heterocycles. The number of aromatic hydroxyl groups is 1. The fourth-order valence-electron chi connectivity index (χ4n) is 11.9. The number of para-hydroxylation sites is 1. The van der Waals surface area contributed by atoms with Crippen molar-refractivity contribution in [3.63, 3.8) is 0 Å². The third-order valence-corrected chi connectivity index (χ3v) is 17.7. The van der Waals surface area contributed by atoms with E-state index >= 15 is 0 Å². The van der Waals surface area contributed by atoms with Crippen LogP contribution in [0.15, 0.2) is 82.2 Å². The normalized spacial score (nSPS) is 21.7. The molecule has 3 unspecified atom stereocenters. The van der Waals surface area contributed by atoms with Gasteiger partial charge in [-0.15, -0.1) is 11.3 Å². The van der Waals surface area contributed by atoms with E-state index in [1.807, 2.05) is 45.3 Å². The van der Waals surface area contributed by atoms with Crippen LogP contribution in [0.3, 0.4) is 0 Å². The molecule has 76 heavy (non-hydrogen) atoms. The zero-order valence-corrected chi connectivity index (χ0v) is 46.1. The molecule has 5 aliphatic heterocycles. The summed E-state index contributed by atoms with van der Waals surface area (Å²) in [4.78, 5) is 42.2. The summed E-state index contributed by atoms with van der Waals surface area (Å²) >= 11 is 1.63. The van der Waals surface area contributed by atoms with Crippen LogP contribution in [0, 0.1) is 18.8 Å². The topological polar surface area (TPSA) is 227 Å². The number of phenols is 1. The molecular formula is C58H83N11O6S. The average Bonchev–Trinajstić information content (AvgIpc) is 4.21. The molecule has 10 rings (SSSR count). The highest BCUT2D eigenvalue weighted by atomic mass is 32.1. The third kappa shape index (κ3) is 13.4. The number of rotatable bonds is 15. The van der Waals surface area contributed by atoms with Gasteiger partial charge in [-0.1, -0.05) is 55.4 Å². The smallest absolute Gasteiger partial charge is 0.243 e. The summed E-state index contributed by atoms with van der Waals surface area (Å²) in [5.74, 6) is 1.79. The maximum absolute atomic E-state index is 14.2. The van der Waals surface area contributed by atoms with Crippen LogP contribution in [0.4, 0.5) is 5.82 Å². The van der Waals surface area contributed by atoms with Crippen molar-refractivity contribution in [1.29, 1.82) is 0 Å². The van der Waals surface area contributed by atoms with E-state index in [2.05, 4.69) is 59.7 Å². The zero-order valence-electron chi connectivity index (χ0n) is 45.3. The lowest BCUT2D eigenvalue weighted by Crippen LogP contribution is -2.55. The number of morpholine rings is 1. The van der Waals surface area contributed by atoms with Gasteiger partial charge in [-0.25, -0.2) is 4.98 Å². The van der Waals surface area contributed by atoms with Gasteiger partial charge in [0.15, 0.2) is 11.6 Å². The number of hydrogen-bond acceptors (Lipinski definition) is 16. The van der Waals surface area contributed by atoms with Gasteiger partial charge in [0, 0.05) is 82.8 Å². The van der Waals surface area contributed by atoms with Crippen molar-refractivity contribution in [3.8, 4) is 16.2 Å². The van der Waals surface area contributed by atoms with Gasteiger partial charge < -0.3 is 66.5 Å². The number of carbonyl (C=O) groups is 2. The van der Waals surface area contributed by atoms with Crippen LogP contribution in [-0.2, 0) is 19.1 Å². The molecule has 4 aromatic rings. The number of piperidine rings is 3. The molecule has 1 saturated carbocycles. The number of amides is 2. The van der Waals surface area contributed by atoms with Gasteiger partial charge in [-0.3, -0.25) is 9.59 Å². The van der Waals surface area contributed by atoms with Crippen LogP contribution in [0.25, 0.3) is 16.1 Å². The number of ether oxygens (including phenoxy) is 2. The molecule has 2 aromatic heterocycles. The van der Waals surface area contributed by atoms with E-state index in [-0.39, 0.29) is 40.9 Å². The fourth-order valence-corrected chi connectivity index (χ4v) is 12.7. The summed E-state index contributed by atoms with van der Waals surface area (Å²) in [5.41, 5.74) is 24.6. The van der Waals surface area contributed by atoms with E-state index in [9.17, 15) is 14.7 Å². The second kappa shape index (κ2) is 25.2. The first-order valence-corrected chi connectivity index (χ1v) is 28.9. The number of nitrogens with two attached hydrogens (primary N) is 3. The van der Waals surface area contributed by atoms with E-state index in [0.29, 0.717) is 53.8 Å². The Morgan fingerprint density at radius 1 is 0.921 bits per heavy atom. The van der Waals surface area contributed by atoms with Crippen molar-refractivity contribution in [3.05, 3.63) is 100 Å². The standard InChI is InChI=1S/C40H56N6O4S.C18H27N5O2/c1-26(2)37(35-23-36(43-50-35)45-21-14-29(15-22-45)24-44-19-16-33(17-20-44)49-32-7-5-8-32)40(48)46-18-6-9-34(46)39(47)42-27(3)30-10-12-31(13-11-30)38-28(4)41-25-51-38;19-14(13-3-1-2-4-16(13)24)11-15(17(20)21)23-8-5-18(6-9-23)12-22-7-10-25-18/h10-13,23,25-27,29,32-34,37H,5-9,14-22,24H2,1-4H3,(H,42,47);1-4,11,22,24H,5-10,12,19-21H2/b;14-11-. The molecular weight excluding hydrogens is 979 g/mol. The monoisotopic (exact) mass is 1060 g/mol. The molecule has 0 bridgehead atoms. The Bertz CT molecular complexity index is 2590. The van der Waals surface area contributed by atoms with Crippen LogP contribution in [0.1, 0.15) is 126 Å². The predicted octanol–water partition coefficient (Wildman–Crippen LogP) is 7.20. The molecule has 2 amide bonds. The summed E-state index contributed by atoms with van der Waals surface area (Å²) in [6.07, 6.45) is 14.4.